The van der Waals surface area contributed by atoms with E-state index in [9.17, 15) is 5.11 Å². The third-order valence-corrected chi connectivity index (χ3v) is 4.43. The average Bonchev–Trinajstić information content (AvgIpc) is 2.65. The monoisotopic (exact) mass is 239 g/mol. The average molecular weight is 239 g/mol. The van der Waals surface area contributed by atoms with Crippen molar-refractivity contribution in [2.75, 3.05) is 6.54 Å². The Bertz CT molecular complexity index is 328. The molecule has 0 spiro atoms. The van der Waals surface area contributed by atoms with Crippen LogP contribution in [-0.4, -0.2) is 17.3 Å². The minimum atomic E-state index is -0.442. The number of rotatable bonds is 4. The van der Waals surface area contributed by atoms with Gasteiger partial charge in [0.1, 0.15) is 0 Å². The van der Waals surface area contributed by atoms with Crippen LogP contribution in [0.1, 0.15) is 43.2 Å². The van der Waals surface area contributed by atoms with Crippen LogP contribution in [0.3, 0.4) is 0 Å². The topological polar surface area (TPSA) is 32.3 Å². The lowest BCUT2D eigenvalue weighted by molar-refractivity contribution is 0.00467. The summed E-state index contributed by atoms with van der Waals surface area (Å²) in [6.07, 6.45) is 5.56. The Hall–Kier alpha value is -0.380. The number of nitrogens with one attached hydrogen (secondary N) is 1. The summed E-state index contributed by atoms with van der Waals surface area (Å²) in [4.78, 5) is 0. The van der Waals surface area contributed by atoms with Crippen LogP contribution >= 0.6 is 11.3 Å². The SMILES string of the molecule is Cc1cscc1CNCC1(O)CCCCC1. The summed E-state index contributed by atoms with van der Waals surface area (Å²) >= 11 is 1.75. The largest absolute Gasteiger partial charge is 0.389 e. The molecular weight excluding hydrogens is 218 g/mol. The molecule has 0 atom stereocenters. The van der Waals surface area contributed by atoms with E-state index in [4.69, 9.17) is 0 Å². The summed E-state index contributed by atoms with van der Waals surface area (Å²) in [6.45, 7) is 3.77. The molecule has 1 heterocycles. The van der Waals surface area contributed by atoms with Crippen molar-refractivity contribution in [3.63, 3.8) is 0 Å². The molecule has 1 aromatic heterocycles. The summed E-state index contributed by atoms with van der Waals surface area (Å²) in [7, 11) is 0. The molecule has 1 aliphatic rings. The summed E-state index contributed by atoms with van der Waals surface area (Å²) in [5.41, 5.74) is 2.28. The summed E-state index contributed by atoms with van der Waals surface area (Å²) < 4.78 is 0. The molecule has 3 heteroatoms. The fourth-order valence-electron chi connectivity index (χ4n) is 2.38. The van der Waals surface area contributed by atoms with Gasteiger partial charge in [-0.15, -0.1) is 0 Å². The van der Waals surface area contributed by atoms with Crippen molar-refractivity contribution in [2.24, 2.45) is 0 Å². The second-order valence-corrected chi connectivity index (χ2v) is 5.71. The van der Waals surface area contributed by atoms with E-state index < -0.39 is 5.60 Å². The van der Waals surface area contributed by atoms with E-state index in [-0.39, 0.29) is 0 Å². The third kappa shape index (κ3) is 3.06. The first-order valence-electron chi connectivity index (χ1n) is 6.14. The zero-order valence-corrected chi connectivity index (χ0v) is 10.8. The van der Waals surface area contributed by atoms with Crippen LogP contribution in [0.25, 0.3) is 0 Å². The Kier molecular flexibility index (Phi) is 4.00. The van der Waals surface area contributed by atoms with Crippen molar-refractivity contribution in [2.45, 2.75) is 51.2 Å². The van der Waals surface area contributed by atoms with Gasteiger partial charge >= 0.3 is 0 Å². The molecule has 16 heavy (non-hydrogen) atoms. The second kappa shape index (κ2) is 5.30. The number of thiophene rings is 1. The van der Waals surface area contributed by atoms with Crippen LogP contribution in [0, 0.1) is 6.92 Å². The minimum Gasteiger partial charge on any atom is -0.389 e. The molecule has 0 aliphatic heterocycles. The Morgan fingerprint density at radius 2 is 2.06 bits per heavy atom. The number of aryl methyl sites for hydroxylation is 1. The molecule has 0 bridgehead atoms. The summed E-state index contributed by atoms with van der Waals surface area (Å²) in [5.74, 6) is 0. The van der Waals surface area contributed by atoms with Gasteiger partial charge in [-0.05, 0) is 41.7 Å². The fourth-order valence-corrected chi connectivity index (χ4v) is 3.24. The fraction of sp³-hybridized carbons (Fsp3) is 0.692. The van der Waals surface area contributed by atoms with Crippen LogP contribution in [0.2, 0.25) is 0 Å². The molecule has 90 valence electrons. The highest BCUT2D eigenvalue weighted by Crippen LogP contribution is 2.27. The normalized spacial score (nSPS) is 19.9. The molecule has 0 unspecified atom stereocenters. The Balaban J connectivity index is 1.77. The first-order chi connectivity index (χ1) is 7.70. The van der Waals surface area contributed by atoms with Crippen LogP contribution in [0.15, 0.2) is 10.8 Å². The lowest BCUT2D eigenvalue weighted by Crippen LogP contribution is -2.41. The highest BCUT2D eigenvalue weighted by atomic mass is 32.1. The molecule has 2 N–H and O–H groups in total. The van der Waals surface area contributed by atoms with Gasteiger partial charge in [0.2, 0.25) is 0 Å². The van der Waals surface area contributed by atoms with E-state index in [0.29, 0.717) is 0 Å². The van der Waals surface area contributed by atoms with E-state index in [1.807, 2.05) is 0 Å². The predicted octanol–water partition coefficient (Wildman–Crippen LogP) is 2.84. The van der Waals surface area contributed by atoms with Crippen LogP contribution < -0.4 is 5.32 Å². The Labute approximate surface area is 102 Å². The lowest BCUT2D eigenvalue weighted by Gasteiger charge is -2.32. The molecule has 2 nitrogen and oxygen atoms in total. The maximum absolute atomic E-state index is 10.3. The van der Waals surface area contributed by atoms with Gasteiger partial charge in [0.25, 0.3) is 0 Å². The van der Waals surface area contributed by atoms with Gasteiger partial charge in [-0.1, -0.05) is 19.3 Å². The molecule has 0 radical (unpaired) electrons. The first kappa shape index (κ1) is 12.1. The number of hydrogen-bond acceptors (Lipinski definition) is 3. The van der Waals surface area contributed by atoms with Gasteiger partial charge in [0, 0.05) is 13.1 Å². The smallest absolute Gasteiger partial charge is 0.0771 e. The molecule has 1 aliphatic carbocycles. The molecule has 0 saturated heterocycles. The summed E-state index contributed by atoms with van der Waals surface area (Å²) in [6, 6.07) is 0. The van der Waals surface area contributed by atoms with E-state index in [1.165, 1.54) is 30.4 Å². The predicted molar refractivity (Wildman–Crippen MR) is 68.8 cm³/mol. The molecule has 1 fully saturated rings. The highest BCUT2D eigenvalue weighted by Gasteiger charge is 2.28. The van der Waals surface area contributed by atoms with Gasteiger partial charge in [0.15, 0.2) is 0 Å². The van der Waals surface area contributed by atoms with Crippen molar-refractivity contribution >= 4 is 11.3 Å². The molecule has 0 aromatic carbocycles. The van der Waals surface area contributed by atoms with Crippen molar-refractivity contribution in [1.29, 1.82) is 0 Å². The number of hydrogen-bond donors (Lipinski definition) is 2. The maximum atomic E-state index is 10.3. The maximum Gasteiger partial charge on any atom is 0.0771 e. The first-order valence-corrected chi connectivity index (χ1v) is 7.09. The van der Waals surface area contributed by atoms with E-state index in [2.05, 4.69) is 23.0 Å². The quantitative estimate of drug-likeness (QED) is 0.847. The molecule has 1 saturated carbocycles. The minimum absolute atomic E-state index is 0.442. The third-order valence-electron chi connectivity index (χ3n) is 3.52. The van der Waals surface area contributed by atoms with Crippen molar-refractivity contribution < 1.29 is 5.11 Å². The van der Waals surface area contributed by atoms with Crippen molar-refractivity contribution in [3.05, 3.63) is 21.9 Å². The standard InChI is InChI=1S/C13H21NOS/c1-11-8-16-9-12(11)7-14-10-13(15)5-3-2-4-6-13/h8-9,14-15H,2-7,10H2,1H3. The summed E-state index contributed by atoms with van der Waals surface area (Å²) in [5, 5.41) is 18.1. The van der Waals surface area contributed by atoms with Crippen LogP contribution in [-0.2, 0) is 6.54 Å². The Morgan fingerprint density at radius 1 is 1.31 bits per heavy atom. The number of aliphatic hydroxyl groups is 1. The van der Waals surface area contributed by atoms with Gasteiger partial charge in [-0.2, -0.15) is 11.3 Å². The van der Waals surface area contributed by atoms with E-state index in [0.717, 1.165) is 25.9 Å². The molecular formula is C13H21NOS. The van der Waals surface area contributed by atoms with Gasteiger partial charge < -0.3 is 10.4 Å². The zero-order chi connectivity index (χ0) is 11.4. The van der Waals surface area contributed by atoms with Crippen LogP contribution in [0.4, 0.5) is 0 Å². The van der Waals surface area contributed by atoms with Crippen molar-refractivity contribution in [1.82, 2.24) is 5.32 Å². The molecule has 2 rings (SSSR count). The molecule has 0 amide bonds. The second-order valence-electron chi connectivity index (χ2n) is 4.97. The highest BCUT2D eigenvalue weighted by molar-refractivity contribution is 7.08. The zero-order valence-electron chi connectivity index (χ0n) is 9.96. The lowest BCUT2D eigenvalue weighted by atomic mass is 9.85. The van der Waals surface area contributed by atoms with Crippen molar-refractivity contribution in [3.8, 4) is 0 Å². The van der Waals surface area contributed by atoms with E-state index >= 15 is 0 Å². The van der Waals surface area contributed by atoms with Gasteiger partial charge in [-0.3, -0.25) is 0 Å². The molecule has 1 aromatic rings. The van der Waals surface area contributed by atoms with E-state index in [1.54, 1.807) is 11.3 Å². The Morgan fingerprint density at radius 3 is 2.69 bits per heavy atom. The van der Waals surface area contributed by atoms with Gasteiger partial charge in [0.05, 0.1) is 5.60 Å². The van der Waals surface area contributed by atoms with Crippen LogP contribution in [0.5, 0.6) is 0 Å². The van der Waals surface area contributed by atoms with Gasteiger partial charge in [-0.25, -0.2) is 0 Å².